The molecule has 1 N–H and O–H groups in total. The van der Waals surface area contributed by atoms with Crippen LogP contribution in [0.25, 0.3) is 0 Å². The lowest BCUT2D eigenvalue weighted by Gasteiger charge is -2.35. The van der Waals surface area contributed by atoms with Crippen molar-refractivity contribution in [3.05, 3.63) is 0 Å². The molecule has 1 unspecified atom stereocenters. The highest BCUT2D eigenvalue weighted by molar-refractivity contribution is 4.78. The monoisotopic (exact) mass is 186 g/mol. The standard InChI is InChI=1S/C10H22N2O/c1-3-4-10-9-11-5-6-12(10)7-8-13-2/h10-11H,3-9H2,1-2H3. The predicted molar refractivity (Wildman–Crippen MR) is 55.0 cm³/mol. The molecule has 1 rings (SSSR count). The Labute approximate surface area is 81.4 Å². The van der Waals surface area contributed by atoms with E-state index < -0.39 is 0 Å². The fraction of sp³-hybridized carbons (Fsp3) is 1.00. The lowest BCUT2D eigenvalue weighted by atomic mass is 10.1. The Hall–Kier alpha value is -0.120. The molecule has 0 aromatic carbocycles. The lowest BCUT2D eigenvalue weighted by molar-refractivity contribution is 0.0994. The van der Waals surface area contributed by atoms with Gasteiger partial charge in [-0.1, -0.05) is 13.3 Å². The van der Waals surface area contributed by atoms with Crippen LogP contribution in [-0.2, 0) is 4.74 Å². The molecule has 0 bridgehead atoms. The van der Waals surface area contributed by atoms with Gasteiger partial charge in [0.2, 0.25) is 0 Å². The number of hydrogen-bond donors (Lipinski definition) is 1. The minimum atomic E-state index is 0.730. The van der Waals surface area contributed by atoms with Crippen molar-refractivity contribution in [2.45, 2.75) is 25.8 Å². The Morgan fingerprint density at radius 1 is 1.54 bits per heavy atom. The normalized spacial score (nSPS) is 24.9. The molecule has 3 heteroatoms. The summed E-state index contributed by atoms with van der Waals surface area (Å²) >= 11 is 0. The van der Waals surface area contributed by atoms with E-state index in [0.717, 1.165) is 32.3 Å². The third-order valence-electron chi connectivity index (χ3n) is 2.68. The van der Waals surface area contributed by atoms with Gasteiger partial charge in [-0.25, -0.2) is 0 Å². The van der Waals surface area contributed by atoms with E-state index in [-0.39, 0.29) is 0 Å². The molecule has 1 saturated heterocycles. The van der Waals surface area contributed by atoms with Crippen molar-refractivity contribution in [3.8, 4) is 0 Å². The summed E-state index contributed by atoms with van der Waals surface area (Å²) in [5, 5.41) is 3.44. The van der Waals surface area contributed by atoms with Crippen LogP contribution >= 0.6 is 0 Å². The fourth-order valence-electron chi connectivity index (χ4n) is 1.92. The number of ether oxygens (including phenoxy) is 1. The summed E-state index contributed by atoms with van der Waals surface area (Å²) < 4.78 is 5.11. The van der Waals surface area contributed by atoms with Gasteiger partial charge in [0.25, 0.3) is 0 Å². The number of rotatable bonds is 5. The third kappa shape index (κ3) is 3.63. The van der Waals surface area contributed by atoms with E-state index in [4.69, 9.17) is 4.74 Å². The van der Waals surface area contributed by atoms with E-state index in [2.05, 4.69) is 17.1 Å². The molecule has 0 spiro atoms. The third-order valence-corrected chi connectivity index (χ3v) is 2.68. The zero-order valence-electron chi connectivity index (χ0n) is 8.88. The van der Waals surface area contributed by atoms with Crippen molar-refractivity contribution in [1.29, 1.82) is 0 Å². The maximum atomic E-state index is 5.11. The van der Waals surface area contributed by atoms with Crippen molar-refractivity contribution in [2.24, 2.45) is 0 Å². The van der Waals surface area contributed by atoms with Crippen molar-refractivity contribution in [3.63, 3.8) is 0 Å². The van der Waals surface area contributed by atoms with Crippen LogP contribution in [0.2, 0.25) is 0 Å². The fourth-order valence-corrected chi connectivity index (χ4v) is 1.92. The van der Waals surface area contributed by atoms with Crippen molar-refractivity contribution in [1.82, 2.24) is 10.2 Å². The van der Waals surface area contributed by atoms with Crippen LogP contribution < -0.4 is 5.32 Å². The van der Waals surface area contributed by atoms with Gasteiger partial charge in [0.1, 0.15) is 0 Å². The van der Waals surface area contributed by atoms with Gasteiger partial charge in [0, 0.05) is 39.3 Å². The Balaban J connectivity index is 2.28. The summed E-state index contributed by atoms with van der Waals surface area (Å²) in [7, 11) is 1.77. The van der Waals surface area contributed by atoms with E-state index in [1.807, 2.05) is 0 Å². The molecule has 1 heterocycles. The SMILES string of the molecule is CCCC1CNCCN1CCOC. The largest absolute Gasteiger partial charge is 0.383 e. The highest BCUT2D eigenvalue weighted by atomic mass is 16.5. The second-order valence-electron chi connectivity index (χ2n) is 3.68. The topological polar surface area (TPSA) is 24.5 Å². The summed E-state index contributed by atoms with van der Waals surface area (Å²) in [5.74, 6) is 0. The molecule has 0 aliphatic carbocycles. The van der Waals surface area contributed by atoms with Crippen LogP contribution in [0.15, 0.2) is 0 Å². The van der Waals surface area contributed by atoms with Crippen LogP contribution in [0.5, 0.6) is 0 Å². The zero-order chi connectivity index (χ0) is 9.52. The summed E-state index contributed by atoms with van der Waals surface area (Å²) in [6, 6.07) is 0.730. The summed E-state index contributed by atoms with van der Waals surface area (Å²) in [4.78, 5) is 2.55. The second-order valence-corrected chi connectivity index (χ2v) is 3.68. The minimum absolute atomic E-state index is 0.730. The van der Waals surface area contributed by atoms with Gasteiger partial charge in [0.05, 0.1) is 6.61 Å². The highest BCUT2D eigenvalue weighted by Gasteiger charge is 2.20. The van der Waals surface area contributed by atoms with Gasteiger partial charge >= 0.3 is 0 Å². The summed E-state index contributed by atoms with van der Waals surface area (Å²) in [5.41, 5.74) is 0. The minimum Gasteiger partial charge on any atom is -0.383 e. The molecule has 3 nitrogen and oxygen atoms in total. The van der Waals surface area contributed by atoms with Crippen LogP contribution in [0.4, 0.5) is 0 Å². The Kier molecular flexibility index (Phi) is 5.35. The quantitative estimate of drug-likeness (QED) is 0.684. The average molecular weight is 186 g/mol. The summed E-state index contributed by atoms with van der Waals surface area (Å²) in [6.45, 7) is 7.65. The Bertz CT molecular complexity index is 128. The number of hydrogen-bond acceptors (Lipinski definition) is 3. The van der Waals surface area contributed by atoms with Gasteiger partial charge in [-0.2, -0.15) is 0 Å². The van der Waals surface area contributed by atoms with E-state index in [9.17, 15) is 0 Å². The number of nitrogens with one attached hydrogen (secondary N) is 1. The molecule has 1 atom stereocenters. The first kappa shape index (κ1) is 11.0. The summed E-state index contributed by atoms with van der Waals surface area (Å²) in [6.07, 6.45) is 2.58. The maximum Gasteiger partial charge on any atom is 0.0589 e. The number of methoxy groups -OCH3 is 1. The van der Waals surface area contributed by atoms with E-state index in [0.29, 0.717) is 0 Å². The Morgan fingerprint density at radius 3 is 3.08 bits per heavy atom. The van der Waals surface area contributed by atoms with Crippen LogP contribution in [0.1, 0.15) is 19.8 Å². The molecular formula is C10H22N2O. The molecule has 13 heavy (non-hydrogen) atoms. The van der Waals surface area contributed by atoms with E-state index in [1.54, 1.807) is 7.11 Å². The van der Waals surface area contributed by atoms with Gasteiger partial charge in [0.15, 0.2) is 0 Å². The molecule has 1 fully saturated rings. The molecular weight excluding hydrogens is 164 g/mol. The Morgan fingerprint density at radius 2 is 2.38 bits per heavy atom. The first-order valence-corrected chi connectivity index (χ1v) is 5.32. The van der Waals surface area contributed by atoms with Gasteiger partial charge in [-0.3, -0.25) is 4.90 Å². The smallest absolute Gasteiger partial charge is 0.0589 e. The molecule has 1 aliphatic heterocycles. The van der Waals surface area contributed by atoms with Crippen LogP contribution in [0, 0.1) is 0 Å². The van der Waals surface area contributed by atoms with E-state index in [1.165, 1.54) is 19.4 Å². The van der Waals surface area contributed by atoms with Crippen molar-refractivity contribution < 1.29 is 4.74 Å². The van der Waals surface area contributed by atoms with Crippen LogP contribution in [-0.4, -0.2) is 50.8 Å². The van der Waals surface area contributed by atoms with Crippen LogP contribution in [0.3, 0.4) is 0 Å². The second kappa shape index (κ2) is 6.35. The average Bonchev–Trinajstić information content (AvgIpc) is 2.17. The first-order chi connectivity index (χ1) is 6.38. The zero-order valence-corrected chi connectivity index (χ0v) is 8.88. The number of piperazine rings is 1. The first-order valence-electron chi connectivity index (χ1n) is 5.32. The predicted octanol–water partition coefficient (Wildman–Crippen LogP) is 0.707. The lowest BCUT2D eigenvalue weighted by Crippen LogP contribution is -2.52. The molecule has 0 amide bonds. The molecule has 0 saturated carbocycles. The van der Waals surface area contributed by atoms with Crippen molar-refractivity contribution >= 4 is 0 Å². The van der Waals surface area contributed by atoms with Gasteiger partial charge in [-0.15, -0.1) is 0 Å². The highest BCUT2D eigenvalue weighted by Crippen LogP contribution is 2.08. The van der Waals surface area contributed by atoms with Gasteiger partial charge < -0.3 is 10.1 Å². The molecule has 0 aromatic heterocycles. The van der Waals surface area contributed by atoms with E-state index >= 15 is 0 Å². The molecule has 78 valence electrons. The van der Waals surface area contributed by atoms with Gasteiger partial charge in [-0.05, 0) is 6.42 Å². The molecule has 1 aliphatic rings. The maximum absolute atomic E-state index is 5.11. The molecule has 0 aromatic rings. The number of nitrogens with zero attached hydrogens (tertiary/aromatic N) is 1. The molecule has 0 radical (unpaired) electrons. The van der Waals surface area contributed by atoms with Crippen molar-refractivity contribution in [2.75, 3.05) is 39.9 Å².